The van der Waals surface area contributed by atoms with Crippen molar-refractivity contribution in [1.29, 1.82) is 0 Å². The summed E-state index contributed by atoms with van der Waals surface area (Å²) < 4.78 is 165. The molecule has 0 amide bonds. The number of imidazole rings is 3. The first-order valence-electron chi connectivity index (χ1n) is 34.4. The van der Waals surface area contributed by atoms with E-state index in [-0.39, 0.29) is 140 Å². The molecule has 0 aliphatic carbocycles. The van der Waals surface area contributed by atoms with Gasteiger partial charge in [-0.3, -0.25) is 50.2 Å². The summed E-state index contributed by atoms with van der Waals surface area (Å²) in [6.45, 7) is 4.60. The maximum Gasteiger partial charge on any atom is 0.573 e. The number of nitrogens with zero attached hydrogens (tertiary/aromatic N) is 12. The number of fused-ring (bicyclic) bond motifs is 3. The van der Waals surface area contributed by atoms with Gasteiger partial charge < -0.3 is 33.0 Å². The predicted octanol–water partition coefficient (Wildman–Crippen LogP) is 15.3. The van der Waals surface area contributed by atoms with E-state index in [2.05, 4.69) is 29.2 Å². The Balaban J connectivity index is 0.000000238. The summed E-state index contributed by atoms with van der Waals surface area (Å²) in [5.74, 6) is -1.39. The van der Waals surface area contributed by atoms with E-state index in [1.165, 1.54) is 91.2 Å². The Hall–Kier alpha value is -9.98. The molecule has 0 aliphatic heterocycles. The molecular formula is C77H82Cl3F9N12O12S3. The molecule has 39 heteroatoms. The Morgan fingerprint density at radius 2 is 0.716 bits per heavy atom. The van der Waals surface area contributed by atoms with Crippen LogP contribution in [0, 0.1) is 0 Å². The van der Waals surface area contributed by atoms with Crippen molar-refractivity contribution >= 4 is 102 Å². The SMILES string of the molecule is C.C.C.CCCCn1c(=O)c2c(nc(S(=O)Cc3cccc(OC(F)(F)F)c3)n2Cc2ccc(Cl)cc2)n(C)c1=O.CCCCn1c(=O)c2c(nc(SCc3cccc(OC(F)(F)F)c3)n2Cc2ccc(Cl)cc2)n(C)c1=O.Cn1c(=O)n(CCCO)c(=O)c2c1nc(S(=O)Cc1cccc(OC(F)(F)F)c1)n2Cc1ccc(Cl)cc1. The lowest BCUT2D eigenvalue weighted by molar-refractivity contribution is -0.275. The topological polar surface area (TPSA) is 268 Å². The molecule has 624 valence electrons. The highest BCUT2D eigenvalue weighted by atomic mass is 35.5. The molecule has 0 bridgehead atoms. The Bertz CT molecular complexity index is 5640. The number of aliphatic hydroxyl groups excluding tert-OH is 1. The summed E-state index contributed by atoms with van der Waals surface area (Å²) in [5.41, 5.74) is 0.905. The number of aryl methyl sites for hydroxylation is 3. The van der Waals surface area contributed by atoms with E-state index in [0.29, 0.717) is 56.3 Å². The second-order valence-corrected chi connectivity index (χ2v) is 30.3. The second-order valence-electron chi connectivity index (χ2n) is 25.4. The molecule has 0 aliphatic rings. The van der Waals surface area contributed by atoms with E-state index in [4.69, 9.17) is 34.8 Å². The second kappa shape index (κ2) is 40.3. The smallest absolute Gasteiger partial charge is 0.406 e. The molecule has 12 aromatic rings. The summed E-state index contributed by atoms with van der Waals surface area (Å²) in [6.07, 6.45) is -11.5. The third-order valence-corrected chi connectivity index (χ3v) is 21.6. The maximum atomic E-state index is 13.6. The average molecular weight is 1740 g/mol. The number of aromatic nitrogens is 12. The van der Waals surface area contributed by atoms with Gasteiger partial charge in [-0.2, -0.15) is 0 Å². The molecule has 0 radical (unpaired) electrons. The number of halogens is 12. The lowest BCUT2D eigenvalue weighted by atomic mass is 10.2. The molecule has 116 heavy (non-hydrogen) atoms. The standard InChI is InChI=1S/C25H24ClF3N4O4S.C25H24ClF3N4O3S.C24H22ClF3N4O5S.3CH4/c1-3-4-12-32-22(34)20-21(31(2)24(32)35)30-23(33(20)14-16-8-10-18(26)11-9-16)38(36)15-17-6-5-7-19(13-17)37-25(27,28)29;1-3-4-12-32-22(34)20-21(31(2)24(32)35)30-23(33(20)14-16-8-10-18(26)11-9-16)37-15-17-6-5-7-19(13-17)36-25(27,28)29;1-30-20-19(21(34)31(23(30)35)10-3-11-33)32(13-15-6-8-17(25)9-7-15)22(29-20)38(36)14-16-4-2-5-18(12-16)37-24(26,27)28;;;/h5-11,13H,3-4,12,14-15H2,1-2H3;5-11,13H,3-4,12,14-15H2,1-2H3;2,4-9,12,33H,3,10-11,13-14H2,1H3;3*1H4. The first-order chi connectivity index (χ1) is 53.5. The normalized spacial score (nSPS) is 12.1. The maximum absolute atomic E-state index is 13.6. The Morgan fingerprint density at radius 3 is 1.04 bits per heavy atom. The minimum absolute atomic E-state index is 0. The monoisotopic (exact) mass is 1740 g/mol. The number of benzene rings is 6. The van der Waals surface area contributed by atoms with Crippen molar-refractivity contribution in [3.63, 3.8) is 0 Å². The van der Waals surface area contributed by atoms with E-state index in [9.17, 15) is 81.8 Å². The van der Waals surface area contributed by atoms with Crippen LogP contribution in [-0.4, -0.2) is 95.3 Å². The zero-order valence-corrected chi connectivity index (χ0v) is 65.2. The molecule has 2 atom stereocenters. The van der Waals surface area contributed by atoms with Crippen LogP contribution < -0.4 is 48.0 Å². The lowest BCUT2D eigenvalue weighted by Crippen LogP contribution is -2.40. The van der Waals surface area contributed by atoms with Gasteiger partial charge in [-0.15, -0.1) is 39.5 Å². The van der Waals surface area contributed by atoms with Gasteiger partial charge in [-0.05, 0) is 125 Å². The third kappa shape index (κ3) is 23.2. The largest absolute Gasteiger partial charge is 0.573 e. The van der Waals surface area contributed by atoms with Crippen molar-refractivity contribution in [2.75, 3.05) is 6.61 Å². The van der Waals surface area contributed by atoms with Gasteiger partial charge in [0.1, 0.15) is 17.2 Å². The quantitative estimate of drug-likeness (QED) is 0.0370. The summed E-state index contributed by atoms with van der Waals surface area (Å²) in [4.78, 5) is 92.4. The molecule has 6 aromatic heterocycles. The molecular weight excluding hydrogens is 1660 g/mol. The molecule has 0 spiro atoms. The number of ether oxygens (including phenoxy) is 3. The number of unbranched alkanes of at least 4 members (excludes halogenated alkanes) is 2. The molecule has 12 rings (SSSR count). The van der Waals surface area contributed by atoms with E-state index in [1.807, 2.05) is 26.0 Å². The molecule has 1 N–H and O–H groups in total. The average Bonchev–Trinajstić information content (AvgIpc) is 1.59. The van der Waals surface area contributed by atoms with Crippen LogP contribution in [0.3, 0.4) is 0 Å². The van der Waals surface area contributed by atoms with Crippen molar-refractivity contribution in [2.24, 2.45) is 21.1 Å². The van der Waals surface area contributed by atoms with Gasteiger partial charge in [0.15, 0.2) is 38.6 Å². The van der Waals surface area contributed by atoms with Gasteiger partial charge in [-0.1, -0.05) is 168 Å². The fourth-order valence-corrected chi connectivity index (χ4v) is 15.5. The highest BCUT2D eigenvalue weighted by Gasteiger charge is 2.34. The molecule has 2 unspecified atom stereocenters. The molecule has 0 fully saturated rings. The summed E-state index contributed by atoms with van der Waals surface area (Å²) in [6, 6.07) is 36.6. The Kier molecular flexibility index (Phi) is 32.3. The van der Waals surface area contributed by atoms with Gasteiger partial charge >= 0.3 is 36.2 Å². The van der Waals surface area contributed by atoms with Gasteiger partial charge in [0.2, 0.25) is 10.3 Å². The lowest BCUT2D eigenvalue weighted by Gasteiger charge is -2.12. The highest BCUT2D eigenvalue weighted by molar-refractivity contribution is 7.98. The first-order valence-corrected chi connectivity index (χ1v) is 39.2. The van der Waals surface area contributed by atoms with Crippen LogP contribution in [0.4, 0.5) is 39.5 Å². The van der Waals surface area contributed by atoms with Gasteiger partial charge in [-0.25, -0.2) is 29.3 Å². The summed E-state index contributed by atoms with van der Waals surface area (Å²) >= 11 is 19.3. The number of thioether (sulfide) groups is 1. The van der Waals surface area contributed by atoms with Crippen LogP contribution in [0.25, 0.3) is 33.5 Å². The number of hydrogen-bond acceptors (Lipinski definition) is 16. The van der Waals surface area contributed by atoms with Crippen molar-refractivity contribution in [3.8, 4) is 17.2 Å². The number of hydrogen-bond donors (Lipinski definition) is 1. The predicted molar refractivity (Wildman–Crippen MR) is 430 cm³/mol. The van der Waals surface area contributed by atoms with Crippen molar-refractivity contribution in [2.45, 2.75) is 159 Å². The van der Waals surface area contributed by atoms with E-state index in [0.717, 1.165) is 61.9 Å². The fourth-order valence-electron chi connectivity index (χ4n) is 11.8. The van der Waals surface area contributed by atoms with Crippen LogP contribution in [-0.2, 0) is 99.3 Å². The van der Waals surface area contributed by atoms with Crippen molar-refractivity contribution in [1.82, 2.24) is 56.1 Å². The third-order valence-electron chi connectivity index (χ3n) is 17.1. The Morgan fingerprint density at radius 1 is 0.414 bits per heavy atom. The zero-order chi connectivity index (χ0) is 82.0. The van der Waals surface area contributed by atoms with Crippen LogP contribution in [0.5, 0.6) is 17.2 Å². The van der Waals surface area contributed by atoms with Gasteiger partial charge in [0, 0.05) is 68.2 Å². The summed E-state index contributed by atoms with van der Waals surface area (Å²) in [5, 5.41) is 11.2. The Labute approximate surface area is 681 Å². The number of rotatable bonds is 27. The van der Waals surface area contributed by atoms with E-state index >= 15 is 0 Å². The molecule has 24 nitrogen and oxygen atoms in total. The van der Waals surface area contributed by atoms with Crippen molar-refractivity contribution < 1.29 is 67.2 Å². The first kappa shape index (κ1) is 93.2. The minimum atomic E-state index is -4.88. The molecule has 6 heterocycles. The van der Waals surface area contributed by atoms with E-state index in [1.54, 1.807) is 78.3 Å². The number of alkyl halides is 9. The fraction of sp³-hybridized carbons (Fsp3) is 0.338. The van der Waals surface area contributed by atoms with Gasteiger partial charge in [0.25, 0.3) is 16.7 Å². The minimum Gasteiger partial charge on any atom is -0.406 e. The van der Waals surface area contributed by atoms with Gasteiger partial charge in [0.05, 0.1) is 52.7 Å². The summed E-state index contributed by atoms with van der Waals surface area (Å²) in [7, 11) is 0.636. The van der Waals surface area contributed by atoms with Crippen molar-refractivity contribution in [3.05, 3.63) is 257 Å². The van der Waals surface area contributed by atoms with Crippen LogP contribution in [0.2, 0.25) is 15.1 Å². The van der Waals surface area contributed by atoms with E-state index < -0.39 is 85.9 Å². The molecule has 0 saturated carbocycles. The van der Waals surface area contributed by atoms with Crippen LogP contribution in [0.1, 0.15) is 102 Å². The molecule has 6 aromatic carbocycles. The van der Waals surface area contributed by atoms with Crippen LogP contribution >= 0.6 is 46.6 Å². The zero-order valence-electron chi connectivity index (χ0n) is 60.5. The molecule has 0 saturated heterocycles. The number of aliphatic hydroxyl groups is 1. The highest BCUT2D eigenvalue weighted by Crippen LogP contribution is 2.32. The van der Waals surface area contributed by atoms with Crippen LogP contribution in [0.15, 0.2) is 190 Å².